The van der Waals surface area contributed by atoms with E-state index in [9.17, 15) is 5.26 Å². The number of halogens is 2. The van der Waals surface area contributed by atoms with Crippen molar-refractivity contribution in [1.29, 1.82) is 5.26 Å². The highest BCUT2D eigenvalue weighted by atomic mass is 35.5. The third-order valence-corrected chi connectivity index (χ3v) is 4.74. The summed E-state index contributed by atoms with van der Waals surface area (Å²) in [6, 6.07) is 7.57. The minimum absolute atomic E-state index is 0.0682. The van der Waals surface area contributed by atoms with Gasteiger partial charge in [0.2, 0.25) is 0 Å². The third-order valence-electron chi connectivity index (χ3n) is 4.31. The summed E-state index contributed by atoms with van der Waals surface area (Å²) in [5.41, 5.74) is 0.230. The molecule has 0 spiro atoms. The maximum atomic E-state index is 9.36. The van der Waals surface area contributed by atoms with Crippen LogP contribution in [-0.2, 0) is 0 Å². The molecule has 4 heteroatoms. The minimum atomic E-state index is -0.0949. The van der Waals surface area contributed by atoms with Gasteiger partial charge < -0.3 is 4.74 Å². The number of ether oxygens (including phenoxy) is 1. The van der Waals surface area contributed by atoms with Crippen LogP contribution in [0.5, 0.6) is 5.75 Å². The van der Waals surface area contributed by atoms with Crippen LogP contribution < -0.4 is 4.74 Å². The highest BCUT2D eigenvalue weighted by Gasteiger charge is 2.37. The van der Waals surface area contributed by atoms with Crippen molar-refractivity contribution in [3.05, 3.63) is 28.2 Å². The lowest BCUT2D eigenvalue weighted by molar-refractivity contribution is 0.0494. The van der Waals surface area contributed by atoms with E-state index in [4.69, 9.17) is 27.9 Å². The molecule has 2 rings (SSSR count). The normalized spacial score (nSPS) is 26.2. The predicted octanol–water partition coefficient (Wildman–Crippen LogP) is 5.73. The summed E-state index contributed by atoms with van der Waals surface area (Å²) in [5, 5.41) is 10.5. The number of nitriles is 1. The molecule has 21 heavy (non-hydrogen) atoms. The van der Waals surface area contributed by atoms with E-state index in [0.717, 1.165) is 19.3 Å². The van der Waals surface area contributed by atoms with Gasteiger partial charge >= 0.3 is 0 Å². The van der Waals surface area contributed by atoms with Crippen molar-refractivity contribution in [3.63, 3.8) is 0 Å². The molecule has 0 saturated heterocycles. The summed E-state index contributed by atoms with van der Waals surface area (Å²) in [6.45, 7) is 6.74. The Morgan fingerprint density at radius 1 is 1.14 bits per heavy atom. The molecule has 1 saturated carbocycles. The molecular weight excluding hydrogens is 305 g/mol. The summed E-state index contributed by atoms with van der Waals surface area (Å²) in [5.74, 6) is 1.13. The third kappa shape index (κ3) is 4.28. The van der Waals surface area contributed by atoms with E-state index in [1.165, 1.54) is 0 Å². The molecule has 3 atom stereocenters. The molecule has 2 nitrogen and oxygen atoms in total. The molecule has 0 radical (unpaired) electrons. The lowest BCUT2D eigenvalue weighted by atomic mass is 9.69. The number of nitrogens with zero attached hydrogens (tertiary/aromatic N) is 1. The van der Waals surface area contributed by atoms with Crippen LogP contribution in [0.3, 0.4) is 0 Å². The zero-order valence-corrected chi connectivity index (χ0v) is 14.2. The molecule has 1 aromatic carbocycles. The largest absolute Gasteiger partial charge is 0.489 e. The lowest BCUT2D eigenvalue weighted by Crippen LogP contribution is -2.37. The first-order valence-corrected chi connectivity index (χ1v) is 8.07. The second-order valence-electron chi connectivity index (χ2n) is 6.87. The van der Waals surface area contributed by atoms with Crippen LogP contribution >= 0.6 is 23.2 Å². The standard InChI is InChI=1S/C17H21Cl2NO/c1-17(2,3)12-5-4-11(10-20)16(6-12)21-15-8-13(18)7-14(19)9-15/h7-9,11-12,16H,4-6H2,1-3H3. The van der Waals surface area contributed by atoms with Crippen LogP contribution in [-0.4, -0.2) is 6.10 Å². The maximum Gasteiger partial charge on any atom is 0.122 e. The molecule has 1 aromatic rings. The number of rotatable bonds is 2. The van der Waals surface area contributed by atoms with E-state index in [1.54, 1.807) is 18.2 Å². The summed E-state index contributed by atoms with van der Waals surface area (Å²) >= 11 is 12.0. The molecule has 114 valence electrons. The van der Waals surface area contributed by atoms with E-state index >= 15 is 0 Å². The van der Waals surface area contributed by atoms with Gasteiger partial charge in [-0.3, -0.25) is 0 Å². The summed E-state index contributed by atoms with van der Waals surface area (Å²) < 4.78 is 6.05. The zero-order valence-electron chi connectivity index (χ0n) is 12.7. The van der Waals surface area contributed by atoms with Gasteiger partial charge in [0.15, 0.2) is 0 Å². The van der Waals surface area contributed by atoms with Gasteiger partial charge in [-0.1, -0.05) is 44.0 Å². The minimum Gasteiger partial charge on any atom is -0.489 e. The molecule has 0 amide bonds. The van der Waals surface area contributed by atoms with Crippen molar-refractivity contribution < 1.29 is 4.74 Å². The molecule has 0 bridgehead atoms. The van der Waals surface area contributed by atoms with Crippen molar-refractivity contribution in [1.82, 2.24) is 0 Å². The highest BCUT2D eigenvalue weighted by molar-refractivity contribution is 6.34. The molecule has 1 aliphatic carbocycles. The van der Waals surface area contributed by atoms with Crippen LogP contribution in [0, 0.1) is 28.6 Å². The fourth-order valence-corrected chi connectivity index (χ4v) is 3.47. The average Bonchev–Trinajstić information content (AvgIpc) is 2.36. The van der Waals surface area contributed by atoms with Crippen molar-refractivity contribution in [3.8, 4) is 11.8 Å². The average molecular weight is 326 g/mol. The Kier molecular flexibility index (Phi) is 5.07. The Morgan fingerprint density at radius 2 is 1.76 bits per heavy atom. The Labute approximate surface area is 137 Å². The van der Waals surface area contributed by atoms with Crippen LogP contribution in [0.15, 0.2) is 18.2 Å². The SMILES string of the molecule is CC(C)(C)C1CCC(C#N)C(Oc2cc(Cl)cc(Cl)c2)C1. The maximum absolute atomic E-state index is 9.36. The lowest BCUT2D eigenvalue weighted by Gasteiger charge is -2.39. The first-order chi connectivity index (χ1) is 9.79. The summed E-state index contributed by atoms with van der Waals surface area (Å²) in [6.07, 6.45) is 2.77. The number of benzene rings is 1. The highest BCUT2D eigenvalue weighted by Crippen LogP contribution is 2.41. The van der Waals surface area contributed by atoms with E-state index in [1.807, 2.05) is 0 Å². The fraction of sp³-hybridized carbons (Fsp3) is 0.588. The molecule has 0 heterocycles. The van der Waals surface area contributed by atoms with Gasteiger partial charge in [-0.25, -0.2) is 0 Å². The first kappa shape index (κ1) is 16.5. The van der Waals surface area contributed by atoms with Crippen LogP contribution in [0.4, 0.5) is 0 Å². The van der Waals surface area contributed by atoms with Gasteiger partial charge in [-0.2, -0.15) is 5.26 Å². The molecule has 1 fully saturated rings. The smallest absolute Gasteiger partial charge is 0.122 e. The van der Waals surface area contributed by atoms with E-state index in [0.29, 0.717) is 21.7 Å². The second-order valence-corrected chi connectivity index (χ2v) is 7.75. The molecule has 3 unspecified atom stereocenters. The molecular formula is C17H21Cl2NO. The molecule has 0 N–H and O–H groups in total. The van der Waals surface area contributed by atoms with Crippen molar-refractivity contribution >= 4 is 23.2 Å². The fourth-order valence-electron chi connectivity index (χ4n) is 2.97. The Morgan fingerprint density at radius 3 is 2.29 bits per heavy atom. The van der Waals surface area contributed by atoms with Gasteiger partial charge in [-0.15, -0.1) is 0 Å². The van der Waals surface area contributed by atoms with E-state index < -0.39 is 0 Å². The molecule has 0 aromatic heterocycles. The monoisotopic (exact) mass is 325 g/mol. The van der Waals surface area contributed by atoms with Crippen molar-refractivity contribution in [2.45, 2.75) is 46.1 Å². The van der Waals surface area contributed by atoms with E-state index in [2.05, 4.69) is 26.8 Å². The van der Waals surface area contributed by atoms with Gasteiger partial charge in [0, 0.05) is 10.0 Å². The molecule has 0 aliphatic heterocycles. The topological polar surface area (TPSA) is 33.0 Å². The van der Waals surface area contributed by atoms with Gasteiger partial charge in [0.1, 0.15) is 11.9 Å². The number of hydrogen-bond acceptors (Lipinski definition) is 2. The van der Waals surface area contributed by atoms with Crippen molar-refractivity contribution in [2.24, 2.45) is 17.3 Å². The predicted molar refractivity (Wildman–Crippen MR) is 86.8 cm³/mol. The van der Waals surface area contributed by atoms with Crippen LogP contribution in [0.25, 0.3) is 0 Å². The molecule has 1 aliphatic rings. The van der Waals surface area contributed by atoms with Crippen molar-refractivity contribution in [2.75, 3.05) is 0 Å². The Balaban J connectivity index is 2.16. The van der Waals surface area contributed by atoms with Gasteiger partial charge in [0.05, 0.1) is 12.0 Å². The van der Waals surface area contributed by atoms with Crippen LogP contribution in [0.2, 0.25) is 10.0 Å². The Hall–Kier alpha value is -0.910. The first-order valence-electron chi connectivity index (χ1n) is 7.32. The van der Waals surface area contributed by atoms with Gasteiger partial charge in [-0.05, 0) is 48.8 Å². The number of hydrogen-bond donors (Lipinski definition) is 0. The van der Waals surface area contributed by atoms with Gasteiger partial charge in [0.25, 0.3) is 0 Å². The van der Waals surface area contributed by atoms with Crippen LogP contribution in [0.1, 0.15) is 40.0 Å². The summed E-state index contributed by atoms with van der Waals surface area (Å²) in [7, 11) is 0. The summed E-state index contributed by atoms with van der Waals surface area (Å²) in [4.78, 5) is 0. The zero-order chi connectivity index (χ0) is 15.6. The van der Waals surface area contributed by atoms with E-state index in [-0.39, 0.29) is 17.4 Å². The second kappa shape index (κ2) is 6.46. The quantitative estimate of drug-likeness (QED) is 0.695. The Bertz CT molecular complexity index is 524.